The van der Waals surface area contributed by atoms with Gasteiger partial charge < -0.3 is 14.6 Å². The minimum absolute atomic E-state index is 0.0224. The number of thiazole rings is 1. The number of unbranched alkanes of at least 4 members (excludes halogenated alkanes) is 1. The maximum absolute atomic E-state index is 13.6. The standard InChI is InChI=1S/C32H32N2O5S/c1-4-7-17-39-23-10-8-9-22(18-23)29(35)27-28(21-13-11-20(5-2)12-14-21)34(31(37)30(27)36)32-33-25-16-15-24(38-6-3)19-26(25)40-32/h8-16,18-19,28,35H,4-7,17H2,1-3H3. The first-order valence-corrected chi connectivity index (χ1v) is 14.4. The summed E-state index contributed by atoms with van der Waals surface area (Å²) in [6, 6.07) is 19.4. The van der Waals surface area contributed by atoms with Crippen molar-refractivity contribution in [2.24, 2.45) is 0 Å². The molecule has 3 aromatic carbocycles. The van der Waals surface area contributed by atoms with Crippen LogP contribution in [0.3, 0.4) is 0 Å². The summed E-state index contributed by atoms with van der Waals surface area (Å²) < 4.78 is 12.3. The predicted octanol–water partition coefficient (Wildman–Crippen LogP) is 7.06. The third-order valence-corrected chi connectivity index (χ3v) is 7.91. The van der Waals surface area contributed by atoms with E-state index in [1.807, 2.05) is 55.5 Å². The van der Waals surface area contributed by atoms with E-state index in [0.29, 0.717) is 46.5 Å². The summed E-state index contributed by atoms with van der Waals surface area (Å²) in [7, 11) is 0. The molecule has 2 heterocycles. The monoisotopic (exact) mass is 556 g/mol. The van der Waals surface area contributed by atoms with Crippen LogP contribution in [0.5, 0.6) is 11.5 Å². The molecule has 1 N–H and O–H groups in total. The Balaban J connectivity index is 1.63. The average Bonchev–Trinajstić information content (AvgIpc) is 3.50. The van der Waals surface area contributed by atoms with Gasteiger partial charge >= 0.3 is 5.91 Å². The Morgan fingerprint density at radius 2 is 1.75 bits per heavy atom. The van der Waals surface area contributed by atoms with Gasteiger partial charge in [0.2, 0.25) is 0 Å². The Bertz CT molecular complexity index is 1570. The molecule has 0 aliphatic carbocycles. The normalized spacial score (nSPS) is 16.6. The number of carbonyl (C=O) groups excluding carboxylic acids is 2. The number of carbonyl (C=O) groups is 2. The van der Waals surface area contributed by atoms with Crippen LogP contribution in [0.15, 0.2) is 72.3 Å². The van der Waals surface area contributed by atoms with Crippen molar-refractivity contribution in [3.63, 3.8) is 0 Å². The third-order valence-electron chi connectivity index (χ3n) is 6.89. The van der Waals surface area contributed by atoms with E-state index in [-0.39, 0.29) is 11.3 Å². The molecular weight excluding hydrogens is 524 g/mol. The molecule has 8 heteroatoms. The SMILES string of the molecule is CCCCOc1cccc(C(O)=C2C(=O)C(=O)N(c3nc4ccc(OCC)cc4s3)C2c2ccc(CC)cc2)c1. The zero-order valence-corrected chi connectivity index (χ0v) is 23.7. The molecule has 5 rings (SSSR count). The van der Waals surface area contributed by atoms with Gasteiger partial charge in [0.05, 0.1) is 35.0 Å². The summed E-state index contributed by atoms with van der Waals surface area (Å²) in [6.45, 7) is 7.15. The van der Waals surface area contributed by atoms with E-state index in [9.17, 15) is 14.7 Å². The highest BCUT2D eigenvalue weighted by atomic mass is 32.1. The predicted molar refractivity (Wildman–Crippen MR) is 158 cm³/mol. The number of aryl methyl sites for hydroxylation is 1. The summed E-state index contributed by atoms with van der Waals surface area (Å²) in [5, 5.41) is 11.9. The van der Waals surface area contributed by atoms with Gasteiger partial charge in [0.1, 0.15) is 17.3 Å². The molecule has 40 heavy (non-hydrogen) atoms. The first kappa shape index (κ1) is 27.4. The second kappa shape index (κ2) is 11.9. The molecule has 1 fully saturated rings. The van der Waals surface area contributed by atoms with Gasteiger partial charge in [-0.2, -0.15) is 0 Å². The lowest BCUT2D eigenvalue weighted by atomic mass is 9.94. The molecule has 1 aliphatic heterocycles. The molecule has 0 spiro atoms. The van der Waals surface area contributed by atoms with Gasteiger partial charge in [-0.15, -0.1) is 0 Å². The molecule has 0 radical (unpaired) electrons. The van der Waals surface area contributed by atoms with Crippen LogP contribution in [-0.2, 0) is 16.0 Å². The highest BCUT2D eigenvalue weighted by Crippen LogP contribution is 2.45. The number of nitrogens with zero attached hydrogens (tertiary/aromatic N) is 2. The number of Topliss-reactive ketones (excluding diaryl/α,β-unsaturated/α-hetero) is 1. The van der Waals surface area contributed by atoms with Crippen LogP contribution in [-0.4, -0.2) is 35.0 Å². The third kappa shape index (κ3) is 5.31. The fraction of sp³-hybridized carbons (Fsp3) is 0.281. The summed E-state index contributed by atoms with van der Waals surface area (Å²) in [5.41, 5.74) is 2.97. The van der Waals surface area contributed by atoms with Crippen molar-refractivity contribution in [3.05, 3.63) is 89.0 Å². The smallest absolute Gasteiger partial charge is 0.301 e. The number of rotatable bonds is 10. The van der Waals surface area contributed by atoms with Gasteiger partial charge in [-0.05, 0) is 61.2 Å². The number of aliphatic hydroxyl groups is 1. The number of aromatic nitrogens is 1. The first-order chi connectivity index (χ1) is 19.4. The Labute approximate surface area is 237 Å². The van der Waals surface area contributed by atoms with Crippen molar-refractivity contribution in [3.8, 4) is 11.5 Å². The fourth-order valence-corrected chi connectivity index (χ4v) is 5.78. The summed E-state index contributed by atoms with van der Waals surface area (Å²) in [4.78, 5) is 33.3. The second-order valence-corrected chi connectivity index (χ2v) is 10.6. The van der Waals surface area contributed by atoms with Crippen LogP contribution in [0.2, 0.25) is 0 Å². The van der Waals surface area contributed by atoms with Gasteiger partial charge in [-0.1, -0.05) is 68.0 Å². The number of amides is 1. The van der Waals surface area contributed by atoms with Crippen molar-refractivity contribution in [1.82, 2.24) is 4.98 Å². The zero-order chi connectivity index (χ0) is 28.2. The molecule has 1 aliphatic rings. The van der Waals surface area contributed by atoms with Crippen LogP contribution in [0.25, 0.3) is 16.0 Å². The van der Waals surface area contributed by atoms with E-state index in [1.54, 1.807) is 18.2 Å². The van der Waals surface area contributed by atoms with Crippen LogP contribution in [0.4, 0.5) is 5.13 Å². The molecule has 7 nitrogen and oxygen atoms in total. The number of anilines is 1. The summed E-state index contributed by atoms with van der Waals surface area (Å²) in [6.07, 6.45) is 2.76. The maximum Gasteiger partial charge on any atom is 0.301 e. The Kier molecular flexibility index (Phi) is 8.16. The van der Waals surface area contributed by atoms with E-state index in [2.05, 4.69) is 13.8 Å². The number of hydrogen-bond donors (Lipinski definition) is 1. The lowest BCUT2D eigenvalue weighted by Gasteiger charge is -2.23. The van der Waals surface area contributed by atoms with E-state index in [1.165, 1.54) is 16.2 Å². The molecule has 206 valence electrons. The maximum atomic E-state index is 13.6. The summed E-state index contributed by atoms with van der Waals surface area (Å²) >= 11 is 1.31. The van der Waals surface area contributed by atoms with Crippen molar-refractivity contribution >= 4 is 44.1 Å². The number of aliphatic hydroxyl groups excluding tert-OH is 1. The number of benzene rings is 3. The lowest BCUT2D eigenvalue weighted by molar-refractivity contribution is -0.132. The van der Waals surface area contributed by atoms with Gasteiger partial charge in [-0.3, -0.25) is 14.5 Å². The van der Waals surface area contributed by atoms with E-state index in [4.69, 9.17) is 14.5 Å². The van der Waals surface area contributed by atoms with Crippen LogP contribution >= 0.6 is 11.3 Å². The number of fused-ring (bicyclic) bond motifs is 1. The minimum Gasteiger partial charge on any atom is -0.507 e. The molecule has 1 unspecified atom stereocenters. The van der Waals surface area contributed by atoms with Gasteiger partial charge in [0, 0.05) is 5.56 Å². The van der Waals surface area contributed by atoms with Gasteiger partial charge in [-0.25, -0.2) is 4.98 Å². The highest BCUT2D eigenvalue weighted by molar-refractivity contribution is 7.22. The van der Waals surface area contributed by atoms with Crippen LogP contribution in [0, 0.1) is 0 Å². The van der Waals surface area contributed by atoms with Gasteiger partial charge in [0.25, 0.3) is 5.78 Å². The van der Waals surface area contributed by atoms with E-state index < -0.39 is 17.7 Å². The topological polar surface area (TPSA) is 89.0 Å². The molecule has 1 amide bonds. The largest absolute Gasteiger partial charge is 0.507 e. The average molecular weight is 557 g/mol. The Morgan fingerprint density at radius 3 is 2.48 bits per heavy atom. The molecular formula is C32H32N2O5S. The second-order valence-electron chi connectivity index (χ2n) is 9.55. The minimum atomic E-state index is -0.845. The zero-order valence-electron chi connectivity index (χ0n) is 22.8. The lowest BCUT2D eigenvalue weighted by Crippen LogP contribution is -2.29. The van der Waals surface area contributed by atoms with Crippen molar-refractivity contribution < 1.29 is 24.2 Å². The van der Waals surface area contributed by atoms with E-state index >= 15 is 0 Å². The molecule has 1 saturated heterocycles. The number of hydrogen-bond acceptors (Lipinski definition) is 7. The molecule has 4 aromatic rings. The number of ether oxygens (including phenoxy) is 2. The van der Waals surface area contributed by atoms with Crippen LogP contribution in [0.1, 0.15) is 56.3 Å². The highest BCUT2D eigenvalue weighted by Gasteiger charge is 2.48. The molecule has 0 bridgehead atoms. The Hall–Kier alpha value is -4.17. The molecule has 1 aromatic heterocycles. The van der Waals surface area contributed by atoms with E-state index in [0.717, 1.165) is 29.5 Å². The fourth-order valence-electron chi connectivity index (χ4n) is 4.76. The van der Waals surface area contributed by atoms with Crippen LogP contribution < -0.4 is 14.4 Å². The quantitative estimate of drug-likeness (QED) is 0.0973. The molecule has 0 saturated carbocycles. The van der Waals surface area contributed by atoms with Crippen molar-refractivity contribution in [1.29, 1.82) is 0 Å². The Morgan fingerprint density at radius 1 is 0.975 bits per heavy atom. The van der Waals surface area contributed by atoms with Gasteiger partial charge in [0.15, 0.2) is 5.13 Å². The first-order valence-electron chi connectivity index (χ1n) is 13.6. The molecule has 1 atom stereocenters. The number of ketones is 1. The summed E-state index contributed by atoms with van der Waals surface area (Å²) in [5.74, 6) is -0.433. The van der Waals surface area contributed by atoms with Crippen molar-refractivity contribution in [2.45, 2.75) is 46.1 Å². The van der Waals surface area contributed by atoms with Crippen molar-refractivity contribution in [2.75, 3.05) is 18.1 Å².